The smallest absolute Gasteiger partial charge is 0.138 e. The lowest BCUT2D eigenvalue weighted by atomic mass is 10.0. The molecule has 0 unspecified atom stereocenters. The fourth-order valence-corrected chi connectivity index (χ4v) is 8.06. The third kappa shape index (κ3) is 4.52. The predicted molar refractivity (Wildman–Crippen MR) is 214 cm³/mol. The molecule has 0 amide bonds. The second kappa shape index (κ2) is 11.5. The average Bonchev–Trinajstić information content (AvgIpc) is 3.85. The van der Waals surface area contributed by atoms with Gasteiger partial charge in [-0.05, 0) is 103 Å². The van der Waals surface area contributed by atoms with Gasteiger partial charge in [-0.2, -0.15) is 0 Å². The molecule has 0 radical (unpaired) electrons. The molecular formula is C48H34N2O. The van der Waals surface area contributed by atoms with Gasteiger partial charge in [0.25, 0.3) is 0 Å². The Morgan fingerprint density at radius 1 is 0.471 bits per heavy atom. The summed E-state index contributed by atoms with van der Waals surface area (Å²) < 4.78 is 11.1. The Hall–Kier alpha value is -6.58. The number of furan rings is 1. The van der Waals surface area contributed by atoms with Crippen LogP contribution in [0, 0.1) is 0 Å². The summed E-state index contributed by atoms with van der Waals surface area (Å²) >= 11 is 0. The van der Waals surface area contributed by atoms with Crippen molar-refractivity contribution in [1.82, 2.24) is 9.13 Å². The van der Waals surface area contributed by atoms with Crippen LogP contribution in [0.25, 0.3) is 88.7 Å². The Morgan fingerprint density at radius 2 is 0.961 bits per heavy atom. The van der Waals surface area contributed by atoms with Gasteiger partial charge in [0.05, 0.1) is 22.1 Å². The normalized spacial score (nSPS) is 12.9. The molecular weight excluding hydrogens is 621 g/mol. The van der Waals surface area contributed by atoms with Crippen molar-refractivity contribution in [2.45, 2.75) is 13.8 Å². The summed E-state index contributed by atoms with van der Waals surface area (Å²) in [5.74, 6) is 0. The number of fused-ring (bicyclic) bond motifs is 7. The van der Waals surface area contributed by atoms with E-state index in [-0.39, 0.29) is 0 Å². The first kappa shape index (κ1) is 29.3. The van der Waals surface area contributed by atoms with Crippen LogP contribution in [0.1, 0.15) is 19.4 Å². The summed E-state index contributed by atoms with van der Waals surface area (Å²) in [7, 11) is 0. The van der Waals surface area contributed by atoms with Gasteiger partial charge in [-0.25, -0.2) is 0 Å². The van der Waals surface area contributed by atoms with Crippen LogP contribution in [0.5, 0.6) is 0 Å². The second-order valence-corrected chi connectivity index (χ2v) is 13.3. The molecule has 0 aliphatic rings. The lowest BCUT2D eigenvalue weighted by Crippen LogP contribution is -2.22. The quantitative estimate of drug-likeness (QED) is 0.185. The molecule has 3 aromatic heterocycles. The second-order valence-electron chi connectivity index (χ2n) is 13.3. The summed E-state index contributed by atoms with van der Waals surface area (Å²) in [4.78, 5) is 0. The summed E-state index contributed by atoms with van der Waals surface area (Å²) in [5.41, 5.74) is 13.7. The number of hydrogen-bond acceptors (Lipinski definition) is 1. The fourth-order valence-electron chi connectivity index (χ4n) is 8.06. The van der Waals surface area contributed by atoms with Gasteiger partial charge in [-0.1, -0.05) is 103 Å². The molecule has 3 heterocycles. The first-order chi connectivity index (χ1) is 25.2. The molecule has 10 aromatic rings. The number of para-hydroxylation sites is 4. The van der Waals surface area contributed by atoms with Crippen LogP contribution in [-0.2, 0) is 0 Å². The summed E-state index contributed by atoms with van der Waals surface area (Å²) in [6.07, 6.45) is 2.15. The van der Waals surface area contributed by atoms with E-state index in [1.54, 1.807) is 0 Å². The van der Waals surface area contributed by atoms with Crippen molar-refractivity contribution in [1.29, 1.82) is 0 Å². The molecule has 7 aromatic carbocycles. The van der Waals surface area contributed by atoms with Crippen LogP contribution in [-0.4, -0.2) is 9.13 Å². The molecule has 0 bridgehead atoms. The van der Waals surface area contributed by atoms with Crippen LogP contribution in [0.3, 0.4) is 0 Å². The zero-order valence-electron chi connectivity index (χ0n) is 28.5. The minimum atomic E-state index is 0.917. The molecule has 0 saturated heterocycles. The van der Waals surface area contributed by atoms with Crippen molar-refractivity contribution in [2.75, 3.05) is 0 Å². The Bertz CT molecular complexity index is 3080. The van der Waals surface area contributed by atoms with Crippen LogP contribution < -0.4 is 10.6 Å². The van der Waals surface area contributed by atoms with Gasteiger partial charge in [0.15, 0.2) is 0 Å². The molecule has 0 aliphatic heterocycles. The van der Waals surface area contributed by atoms with E-state index in [0.29, 0.717) is 0 Å². The third-order valence-corrected chi connectivity index (χ3v) is 10.5. The van der Waals surface area contributed by atoms with Crippen molar-refractivity contribution in [2.24, 2.45) is 0 Å². The Labute approximate surface area is 295 Å². The fraction of sp³-hybridized carbons (Fsp3) is 0.0417. The number of benzene rings is 7. The Morgan fingerprint density at radius 3 is 1.55 bits per heavy atom. The molecule has 0 saturated carbocycles. The maximum absolute atomic E-state index is 6.36. The topological polar surface area (TPSA) is 23.0 Å². The number of hydrogen-bond donors (Lipinski definition) is 0. The van der Waals surface area contributed by atoms with Gasteiger partial charge in [-0.3, -0.25) is 0 Å². The minimum Gasteiger partial charge on any atom is -0.456 e. The minimum absolute atomic E-state index is 0.917. The standard InChI is InChI=1S/C48H34N2O/c1-3-37-40-17-9-12-20-47(40)51-48(37)31(2)32-21-25-36(26-22-32)50-44-19-11-8-16-39(44)42-30-34(24-28-46(42)50)33-23-27-45-41(29-33)38-15-7-10-18-43(38)49(45)35-13-5-4-6-14-35/h3-30H,1-2H3. The molecule has 0 N–H and O–H groups in total. The van der Waals surface area contributed by atoms with E-state index in [4.69, 9.17) is 4.42 Å². The highest BCUT2D eigenvalue weighted by Gasteiger charge is 2.16. The van der Waals surface area contributed by atoms with E-state index >= 15 is 0 Å². The van der Waals surface area contributed by atoms with Crippen molar-refractivity contribution in [3.05, 3.63) is 180 Å². The molecule has 0 atom stereocenters. The molecule has 3 nitrogen and oxygen atoms in total. The average molecular weight is 655 g/mol. The van der Waals surface area contributed by atoms with Crippen molar-refractivity contribution < 1.29 is 4.42 Å². The van der Waals surface area contributed by atoms with Gasteiger partial charge in [0.2, 0.25) is 0 Å². The number of rotatable bonds is 4. The molecule has 0 spiro atoms. The summed E-state index contributed by atoms with van der Waals surface area (Å²) in [6.45, 7) is 4.23. The van der Waals surface area contributed by atoms with E-state index < -0.39 is 0 Å². The van der Waals surface area contributed by atoms with Crippen LogP contribution >= 0.6 is 0 Å². The molecule has 51 heavy (non-hydrogen) atoms. The highest BCUT2D eigenvalue weighted by Crippen LogP contribution is 2.38. The van der Waals surface area contributed by atoms with Crippen molar-refractivity contribution in [3.63, 3.8) is 0 Å². The summed E-state index contributed by atoms with van der Waals surface area (Å²) in [5, 5.41) is 7.30. The van der Waals surface area contributed by atoms with E-state index in [0.717, 1.165) is 38.4 Å². The molecule has 0 fully saturated rings. The van der Waals surface area contributed by atoms with E-state index in [9.17, 15) is 0 Å². The first-order valence-electron chi connectivity index (χ1n) is 17.6. The highest BCUT2D eigenvalue weighted by atomic mass is 16.3. The molecule has 242 valence electrons. The van der Waals surface area contributed by atoms with Crippen LogP contribution in [0.2, 0.25) is 0 Å². The van der Waals surface area contributed by atoms with Gasteiger partial charge in [-0.15, -0.1) is 0 Å². The van der Waals surface area contributed by atoms with E-state index in [1.165, 1.54) is 60.4 Å². The lowest BCUT2D eigenvalue weighted by molar-refractivity contribution is 0.572. The SMILES string of the molecule is CC=c1c(=C(C)c2ccc(-n3c4ccccc4c4cc(-c5ccc6c(c5)c5ccccc5n6-c5ccccc5)ccc43)cc2)oc2ccccc12. The highest BCUT2D eigenvalue weighted by molar-refractivity contribution is 6.12. The maximum atomic E-state index is 6.36. The summed E-state index contributed by atoms with van der Waals surface area (Å²) in [6, 6.07) is 59.1. The maximum Gasteiger partial charge on any atom is 0.138 e. The van der Waals surface area contributed by atoms with Gasteiger partial charge >= 0.3 is 0 Å². The third-order valence-electron chi connectivity index (χ3n) is 10.5. The van der Waals surface area contributed by atoms with Crippen LogP contribution in [0.4, 0.5) is 0 Å². The first-order valence-corrected chi connectivity index (χ1v) is 17.6. The predicted octanol–water partition coefficient (Wildman–Crippen LogP) is 11.3. The zero-order valence-corrected chi connectivity index (χ0v) is 28.5. The van der Waals surface area contributed by atoms with Crippen molar-refractivity contribution >= 4 is 66.2 Å². The van der Waals surface area contributed by atoms with Crippen molar-refractivity contribution in [3.8, 4) is 22.5 Å². The Balaban J connectivity index is 1.10. The van der Waals surface area contributed by atoms with Gasteiger partial charge < -0.3 is 13.6 Å². The number of nitrogens with zero attached hydrogens (tertiary/aromatic N) is 2. The van der Waals surface area contributed by atoms with Gasteiger partial charge in [0.1, 0.15) is 11.0 Å². The van der Waals surface area contributed by atoms with E-state index in [2.05, 4.69) is 181 Å². The lowest BCUT2D eigenvalue weighted by Gasteiger charge is -2.10. The zero-order chi connectivity index (χ0) is 34.1. The van der Waals surface area contributed by atoms with Crippen LogP contribution in [0.15, 0.2) is 168 Å². The van der Waals surface area contributed by atoms with Gasteiger partial charge in [0, 0.05) is 43.5 Å². The molecule has 0 aliphatic carbocycles. The molecule has 10 rings (SSSR count). The largest absolute Gasteiger partial charge is 0.456 e. The molecule has 3 heteroatoms. The monoisotopic (exact) mass is 654 g/mol. The van der Waals surface area contributed by atoms with E-state index in [1.807, 2.05) is 12.1 Å². The number of aromatic nitrogens is 2. The Kier molecular flexibility index (Phi) is 6.62.